The number of hydrogen-bond donors (Lipinski definition) is 0. The van der Waals surface area contributed by atoms with E-state index < -0.39 is 0 Å². The summed E-state index contributed by atoms with van der Waals surface area (Å²) in [5.74, 6) is -0.119. The van der Waals surface area contributed by atoms with Gasteiger partial charge in [0.05, 0.1) is 12.7 Å². The van der Waals surface area contributed by atoms with Crippen molar-refractivity contribution in [3.8, 4) is 0 Å². The predicted octanol–water partition coefficient (Wildman–Crippen LogP) is 1.44. The van der Waals surface area contributed by atoms with Gasteiger partial charge >= 0.3 is 5.97 Å². The average molecular weight is 229 g/mol. The Morgan fingerprint density at radius 1 is 1.44 bits per heavy atom. The van der Waals surface area contributed by atoms with Gasteiger partial charge < -0.3 is 14.4 Å². The Hall–Kier alpha value is -0.610. The third-order valence-electron chi connectivity index (χ3n) is 3.31. The fourth-order valence-electron chi connectivity index (χ4n) is 2.21. The molecule has 1 heterocycles. The van der Waals surface area contributed by atoms with Gasteiger partial charge in [0.25, 0.3) is 0 Å². The second kappa shape index (κ2) is 6.21. The van der Waals surface area contributed by atoms with Gasteiger partial charge in [0.2, 0.25) is 0 Å². The van der Waals surface area contributed by atoms with Crippen molar-refractivity contribution in [3.63, 3.8) is 0 Å². The molecule has 0 saturated carbocycles. The van der Waals surface area contributed by atoms with Crippen LogP contribution < -0.4 is 0 Å². The van der Waals surface area contributed by atoms with Crippen molar-refractivity contribution in [2.45, 2.75) is 38.2 Å². The molecule has 0 amide bonds. The normalized spacial score (nSPS) is 26.7. The van der Waals surface area contributed by atoms with Crippen LogP contribution in [-0.2, 0) is 14.3 Å². The highest BCUT2D eigenvalue weighted by molar-refractivity contribution is 5.69. The van der Waals surface area contributed by atoms with Crippen molar-refractivity contribution < 1.29 is 14.3 Å². The van der Waals surface area contributed by atoms with Gasteiger partial charge in [-0.2, -0.15) is 0 Å². The zero-order valence-corrected chi connectivity index (χ0v) is 10.6. The zero-order chi connectivity index (χ0) is 12.0. The molecule has 1 unspecified atom stereocenters. The van der Waals surface area contributed by atoms with Gasteiger partial charge in [-0.1, -0.05) is 0 Å². The molecule has 1 atom stereocenters. The van der Waals surface area contributed by atoms with E-state index in [1.165, 1.54) is 13.5 Å². The molecule has 0 aliphatic carbocycles. The number of esters is 1. The number of piperidine rings is 1. The van der Waals surface area contributed by atoms with E-state index in [1.54, 1.807) is 7.11 Å². The molecule has 0 radical (unpaired) electrons. The summed E-state index contributed by atoms with van der Waals surface area (Å²) < 4.78 is 10.1. The highest BCUT2D eigenvalue weighted by atomic mass is 16.5. The number of likely N-dealkylation sites (tertiary alicyclic amines) is 1. The first kappa shape index (κ1) is 13.5. The molecule has 1 aliphatic heterocycles. The van der Waals surface area contributed by atoms with Gasteiger partial charge in [0.15, 0.2) is 0 Å². The van der Waals surface area contributed by atoms with Gasteiger partial charge in [0.1, 0.15) is 0 Å². The highest BCUT2D eigenvalue weighted by Gasteiger charge is 2.30. The van der Waals surface area contributed by atoms with E-state index >= 15 is 0 Å². The largest absolute Gasteiger partial charge is 0.469 e. The maximum Gasteiger partial charge on any atom is 0.305 e. The lowest BCUT2D eigenvalue weighted by atomic mass is 9.94. The standard InChI is InChI=1S/C12H23NO3/c1-12(16-3)7-5-9-13(10-12)8-4-6-11(14)15-2/h4-10H2,1-3H3. The first-order valence-corrected chi connectivity index (χ1v) is 5.94. The molecule has 94 valence electrons. The smallest absolute Gasteiger partial charge is 0.305 e. The Morgan fingerprint density at radius 2 is 2.19 bits per heavy atom. The van der Waals surface area contributed by atoms with Crippen LogP contribution in [0.4, 0.5) is 0 Å². The molecular formula is C12H23NO3. The Balaban J connectivity index is 2.24. The van der Waals surface area contributed by atoms with Crippen LogP contribution >= 0.6 is 0 Å². The van der Waals surface area contributed by atoms with Crippen molar-refractivity contribution in [2.24, 2.45) is 0 Å². The Morgan fingerprint density at radius 3 is 2.81 bits per heavy atom. The lowest BCUT2D eigenvalue weighted by molar-refractivity contribution is -0.140. The summed E-state index contributed by atoms with van der Waals surface area (Å²) in [6.07, 6.45) is 3.67. The van der Waals surface area contributed by atoms with Crippen LogP contribution in [0.1, 0.15) is 32.6 Å². The fraction of sp³-hybridized carbons (Fsp3) is 0.917. The zero-order valence-electron chi connectivity index (χ0n) is 10.6. The summed E-state index contributed by atoms with van der Waals surface area (Å²) in [5, 5.41) is 0. The SMILES string of the molecule is COC(=O)CCCN1CCCC(C)(OC)C1. The van der Waals surface area contributed by atoms with Crippen molar-refractivity contribution >= 4 is 5.97 Å². The highest BCUT2D eigenvalue weighted by Crippen LogP contribution is 2.23. The second-order valence-corrected chi connectivity index (χ2v) is 4.71. The lowest BCUT2D eigenvalue weighted by Gasteiger charge is -2.39. The molecule has 1 aliphatic rings. The van der Waals surface area contributed by atoms with Crippen molar-refractivity contribution in [3.05, 3.63) is 0 Å². The Bertz CT molecular complexity index is 232. The van der Waals surface area contributed by atoms with Crippen molar-refractivity contribution in [2.75, 3.05) is 33.9 Å². The Kier molecular flexibility index (Phi) is 5.22. The minimum Gasteiger partial charge on any atom is -0.469 e. The minimum atomic E-state index is -0.119. The van der Waals surface area contributed by atoms with E-state index in [2.05, 4.69) is 16.6 Å². The molecule has 1 rings (SSSR count). The molecule has 0 bridgehead atoms. The molecule has 1 saturated heterocycles. The molecule has 0 N–H and O–H groups in total. The van der Waals surface area contributed by atoms with Gasteiger partial charge in [-0.25, -0.2) is 0 Å². The third kappa shape index (κ3) is 4.10. The summed E-state index contributed by atoms with van der Waals surface area (Å²) in [6, 6.07) is 0. The molecule has 0 aromatic carbocycles. The van der Waals surface area contributed by atoms with Gasteiger partial charge in [-0.15, -0.1) is 0 Å². The van der Waals surface area contributed by atoms with Gasteiger partial charge in [-0.05, 0) is 39.3 Å². The topological polar surface area (TPSA) is 38.8 Å². The average Bonchev–Trinajstić information content (AvgIpc) is 2.29. The van der Waals surface area contributed by atoms with Crippen LogP contribution in [0.3, 0.4) is 0 Å². The molecule has 0 spiro atoms. The van der Waals surface area contributed by atoms with E-state index in [-0.39, 0.29) is 11.6 Å². The van der Waals surface area contributed by atoms with E-state index in [1.807, 2.05) is 0 Å². The number of methoxy groups -OCH3 is 2. The molecular weight excluding hydrogens is 206 g/mol. The predicted molar refractivity (Wildman–Crippen MR) is 62.3 cm³/mol. The van der Waals surface area contributed by atoms with Crippen LogP contribution in [0.15, 0.2) is 0 Å². The summed E-state index contributed by atoms with van der Waals surface area (Å²) in [4.78, 5) is 13.3. The summed E-state index contributed by atoms with van der Waals surface area (Å²) in [5.41, 5.74) is -0.0104. The summed E-state index contributed by atoms with van der Waals surface area (Å²) >= 11 is 0. The number of ether oxygens (including phenoxy) is 2. The van der Waals surface area contributed by atoms with Crippen LogP contribution in [0.25, 0.3) is 0 Å². The van der Waals surface area contributed by atoms with E-state index in [0.717, 1.165) is 32.5 Å². The Labute approximate surface area is 97.9 Å². The quantitative estimate of drug-likeness (QED) is 0.669. The second-order valence-electron chi connectivity index (χ2n) is 4.71. The molecule has 0 aromatic heterocycles. The van der Waals surface area contributed by atoms with Crippen LogP contribution in [-0.4, -0.2) is 50.3 Å². The summed E-state index contributed by atoms with van der Waals surface area (Å²) in [6.45, 7) is 5.18. The molecule has 4 nitrogen and oxygen atoms in total. The monoisotopic (exact) mass is 229 g/mol. The van der Waals surface area contributed by atoms with E-state index in [4.69, 9.17) is 4.74 Å². The first-order chi connectivity index (χ1) is 7.59. The van der Waals surface area contributed by atoms with E-state index in [9.17, 15) is 4.79 Å². The summed E-state index contributed by atoms with van der Waals surface area (Å²) in [7, 11) is 3.21. The molecule has 0 aromatic rings. The maximum absolute atomic E-state index is 11.0. The van der Waals surface area contributed by atoms with Crippen LogP contribution in [0.5, 0.6) is 0 Å². The number of carbonyl (C=O) groups is 1. The van der Waals surface area contributed by atoms with Crippen LogP contribution in [0.2, 0.25) is 0 Å². The maximum atomic E-state index is 11.0. The van der Waals surface area contributed by atoms with E-state index in [0.29, 0.717) is 6.42 Å². The third-order valence-corrected chi connectivity index (χ3v) is 3.31. The molecule has 16 heavy (non-hydrogen) atoms. The van der Waals surface area contributed by atoms with Gasteiger partial charge in [-0.3, -0.25) is 4.79 Å². The first-order valence-electron chi connectivity index (χ1n) is 5.94. The number of nitrogens with zero attached hydrogens (tertiary/aromatic N) is 1. The lowest BCUT2D eigenvalue weighted by Crippen LogP contribution is -2.47. The van der Waals surface area contributed by atoms with Crippen molar-refractivity contribution in [1.82, 2.24) is 4.90 Å². The van der Waals surface area contributed by atoms with Crippen molar-refractivity contribution in [1.29, 1.82) is 0 Å². The van der Waals surface area contributed by atoms with Gasteiger partial charge in [0, 0.05) is 20.1 Å². The molecule has 1 fully saturated rings. The number of rotatable bonds is 5. The van der Waals surface area contributed by atoms with Crippen LogP contribution in [0, 0.1) is 0 Å². The fourth-order valence-corrected chi connectivity index (χ4v) is 2.21. The number of hydrogen-bond acceptors (Lipinski definition) is 4. The minimum absolute atomic E-state index is 0.0104. The molecule has 4 heteroatoms. The number of carbonyl (C=O) groups excluding carboxylic acids is 1.